The monoisotopic (exact) mass is 618 g/mol. The van der Waals surface area contributed by atoms with Gasteiger partial charge < -0.3 is 28.4 Å². The lowest BCUT2D eigenvalue weighted by molar-refractivity contribution is -0.140. The van der Waals surface area contributed by atoms with Crippen molar-refractivity contribution >= 4 is 17.9 Å². The summed E-state index contributed by atoms with van der Waals surface area (Å²) in [6.07, 6.45) is 0. The van der Waals surface area contributed by atoms with Gasteiger partial charge in [-0.15, -0.1) is 0 Å². The van der Waals surface area contributed by atoms with E-state index in [9.17, 15) is 14.4 Å². The van der Waals surface area contributed by atoms with Gasteiger partial charge in [-0.05, 0) is 67.8 Å². The van der Waals surface area contributed by atoms with Crippen molar-refractivity contribution in [3.05, 3.63) is 96.9 Å². The molecule has 10 heteroatoms. The average Bonchev–Trinajstić information content (AvgIpc) is 3.01. The van der Waals surface area contributed by atoms with Gasteiger partial charge >= 0.3 is 17.9 Å². The molecule has 0 aliphatic rings. The van der Waals surface area contributed by atoms with Gasteiger partial charge in [-0.2, -0.15) is 0 Å². The van der Waals surface area contributed by atoms with Gasteiger partial charge in [-0.3, -0.25) is 0 Å². The largest absolute Gasteiger partial charge is 0.493 e. The predicted octanol–water partition coefficient (Wildman–Crippen LogP) is 6.65. The van der Waals surface area contributed by atoms with E-state index in [2.05, 4.69) is 19.7 Å². The third-order valence-electron chi connectivity index (χ3n) is 6.12. The van der Waals surface area contributed by atoms with E-state index < -0.39 is 23.7 Å². The van der Waals surface area contributed by atoms with Crippen LogP contribution in [0.1, 0.15) is 20.8 Å². The van der Waals surface area contributed by atoms with Crippen LogP contribution in [0.15, 0.2) is 91.1 Å². The Kier molecular flexibility index (Phi) is 12.1. The van der Waals surface area contributed by atoms with E-state index in [0.29, 0.717) is 33.8 Å². The fourth-order valence-electron chi connectivity index (χ4n) is 3.77. The van der Waals surface area contributed by atoms with Gasteiger partial charge in [0.1, 0.15) is 32.2 Å². The van der Waals surface area contributed by atoms with Crippen LogP contribution < -0.4 is 18.9 Å². The van der Waals surface area contributed by atoms with Gasteiger partial charge in [-0.1, -0.05) is 44.0 Å². The number of rotatable bonds is 15. The molecule has 0 bridgehead atoms. The van der Waals surface area contributed by atoms with Crippen LogP contribution in [0, 0.1) is 5.82 Å². The molecule has 0 N–H and O–H groups in total. The summed E-state index contributed by atoms with van der Waals surface area (Å²) in [6.45, 7) is 15.2. The fourth-order valence-corrected chi connectivity index (χ4v) is 3.77. The van der Waals surface area contributed by atoms with E-state index in [-0.39, 0.29) is 54.6 Å². The third kappa shape index (κ3) is 9.56. The molecule has 3 rings (SSSR count). The zero-order valence-electron chi connectivity index (χ0n) is 25.7. The maximum Gasteiger partial charge on any atom is 0.338 e. The first-order valence-electron chi connectivity index (χ1n) is 13.8. The molecule has 0 aliphatic carbocycles. The SMILES string of the molecule is C=C(C)C(=O)OCCOc1ccc(-c2ccc(-c3ccc(OC(=O)C(=C)C)c(OC)c3)cc2F)cc1OCCOC(=O)C(=C)C. The lowest BCUT2D eigenvalue weighted by Crippen LogP contribution is -2.14. The number of hydrogen-bond acceptors (Lipinski definition) is 9. The highest BCUT2D eigenvalue weighted by atomic mass is 19.1. The van der Waals surface area contributed by atoms with Crippen molar-refractivity contribution in [3.63, 3.8) is 0 Å². The summed E-state index contributed by atoms with van der Waals surface area (Å²) in [5.74, 6) is -1.10. The Hall–Kier alpha value is -5.38. The molecule has 0 aromatic heterocycles. The van der Waals surface area contributed by atoms with Crippen molar-refractivity contribution in [1.29, 1.82) is 0 Å². The second-order valence-electron chi connectivity index (χ2n) is 9.92. The maximum absolute atomic E-state index is 15.5. The highest BCUT2D eigenvalue weighted by Gasteiger charge is 2.16. The second kappa shape index (κ2) is 15.9. The van der Waals surface area contributed by atoms with E-state index >= 15 is 4.39 Å². The Balaban J connectivity index is 1.84. The van der Waals surface area contributed by atoms with Crippen LogP contribution in [0.3, 0.4) is 0 Å². The lowest BCUT2D eigenvalue weighted by atomic mass is 9.99. The van der Waals surface area contributed by atoms with E-state index in [4.69, 9.17) is 28.4 Å². The summed E-state index contributed by atoms with van der Waals surface area (Å²) in [5.41, 5.74) is 2.74. The molecule has 236 valence electrons. The molecular formula is C35H35FO9. The number of carbonyl (C=O) groups is 3. The maximum atomic E-state index is 15.5. The molecule has 0 saturated carbocycles. The molecule has 0 unspecified atom stereocenters. The molecule has 0 radical (unpaired) electrons. The zero-order chi connectivity index (χ0) is 33.1. The van der Waals surface area contributed by atoms with Crippen molar-refractivity contribution in [2.75, 3.05) is 33.5 Å². The first-order chi connectivity index (χ1) is 21.4. The van der Waals surface area contributed by atoms with Crippen molar-refractivity contribution in [2.24, 2.45) is 0 Å². The zero-order valence-corrected chi connectivity index (χ0v) is 25.7. The summed E-state index contributed by atoms with van der Waals surface area (Å²) in [6, 6.07) is 14.5. The highest BCUT2D eigenvalue weighted by molar-refractivity contribution is 5.89. The molecular weight excluding hydrogens is 583 g/mol. The molecule has 0 aliphatic heterocycles. The van der Waals surface area contributed by atoms with E-state index in [1.807, 2.05) is 0 Å². The summed E-state index contributed by atoms with van der Waals surface area (Å²) >= 11 is 0. The minimum absolute atomic E-state index is 0.00952. The Morgan fingerprint density at radius 3 is 1.64 bits per heavy atom. The molecule has 0 fully saturated rings. The number of esters is 3. The topological polar surface area (TPSA) is 107 Å². The van der Waals surface area contributed by atoms with Crippen molar-refractivity contribution in [2.45, 2.75) is 20.8 Å². The second-order valence-corrected chi connectivity index (χ2v) is 9.92. The molecule has 45 heavy (non-hydrogen) atoms. The normalized spacial score (nSPS) is 10.3. The van der Waals surface area contributed by atoms with Crippen molar-refractivity contribution < 1.29 is 47.2 Å². The quantitative estimate of drug-likeness (QED) is 0.0801. The van der Waals surface area contributed by atoms with Gasteiger partial charge in [0.15, 0.2) is 23.0 Å². The molecule has 9 nitrogen and oxygen atoms in total. The number of halogens is 1. The molecule has 0 heterocycles. The first-order valence-corrected chi connectivity index (χ1v) is 13.8. The number of benzene rings is 3. The number of methoxy groups -OCH3 is 1. The molecule has 0 atom stereocenters. The molecule has 3 aromatic rings. The average molecular weight is 619 g/mol. The molecule has 0 amide bonds. The van der Waals surface area contributed by atoms with Gasteiger partial charge in [0.05, 0.1) is 7.11 Å². The number of carbonyl (C=O) groups excluding carboxylic acids is 3. The Morgan fingerprint density at radius 1 is 0.600 bits per heavy atom. The smallest absolute Gasteiger partial charge is 0.338 e. The third-order valence-corrected chi connectivity index (χ3v) is 6.12. The van der Waals surface area contributed by atoms with Gasteiger partial charge in [0.2, 0.25) is 0 Å². The van der Waals surface area contributed by atoms with Gasteiger partial charge in [-0.25, -0.2) is 18.8 Å². The van der Waals surface area contributed by atoms with Gasteiger partial charge in [0.25, 0.3) is 0 Å². The van der Waals surface area contributed by atoms with Crippen LogP contribution >= 0.6 is 0 Å². The molecule has 3 aromatic carbocycles. The van der Waals surface area contributed by atoms with Crippen LogP contribution in [-0.2, 0) is 23.9 Å². The van der Waals surface area contributed by atoms with E-state index in [1.165, 1.54) is 33.9 Å². The fraction of sp³-hybridized carbons (Fsp3) is 0.229. The summed E-state index contributed by atoms with van der Waals surface area (Å²) < 4.78 is 47.9. The lowest BCUT2D eigenvalue weighted by Gasteiger charge is -2.15. The van der Waals surface area contributed by atoms with Crippen molar-refractivity contribution in [1.82, 2.24) is 0 Å². The van der Waals surface area contributed by atoms with Gasteiger partial charge in [0, 0.05) is 22.3 Å². The summed E-state index contributed by atoms with van der Waals surface area (Å²) in [5, 5.41) is 0. The summed E-state index contributed by atoms with van der Waals surface area (Å²) in [7, 11) is 1.44. The minimum atomic E-state index is -0.588. The van der Waals surface area contributed by atoms with Crippen LogP contribution in [0.4, 0.5) is 4.39 Å². The molecule has 0 saturated heterocycles. The first kappa shape index (κ1) is 34.1. The highest BCUT2D eigenvalue weighted by Crippen LogP contribution is 2.37. The van der Waals surface area contributed by atoms with Crippen LogP contribution in [0.5, 0.6) is 23.0 Å². The Labute approximate surface area is 261 Å². The Morgan fingerprint density at radius 2 is 1.09 bits per heavy atom. The van der Waals surface area contributed by atoms with E-state index in [0.717, 1.165) is 0 Å². The van der Waals surface area contributed by atoms with Crippen LogP contribution in [-0.4, -0.2) is 51.4 Å². The minimum Gasteiger partial charge on any atom is -0.493 e. The number of ether oxygens (including phenoxy) is 6. The molecule has 0 spiro atoms. The Bertz CT molecular complexity index is 1620. The van der Waals surface area contributed by atoms with Crippen LogP contribution in [0.25, 0.3) is 22.3 Å². The predicted molar refractivity (Wildman–Crippen MR) is 167 cm³/mol. The van der Waals surface area contributed by atoms with Crippen molar-refractivity contribution in [3.8, 4) is 45.3 Å². The standard InChI is InChI=1S/C35H35FO9/c1-21(2)33(37)43-16-14-41-29-12-10-26(20-32(29)42-15-17-44-34(38)22(3)4)27-11-8-24(18-28(27)36)25-9-13-30(31(19-25)40-7)45-35(39)23(5)6/h8-13,18-20H,1,3,5,14-17H2,2,4,6-7H3. The summed E-state index contributed by atoms with van der Waals surface area (Å²) in [4.78, 5) is 35.3. The van der Waals surface area contributed by atoms with Crippen LogP contribution in [0.2, 0.25) is 0 Å². The number of hydrogen-bond donors (Lipinski definition) is 0. The van der Waals surface area contributed by atoms with E-state index in [1.54, 1.807) is 48.5 Å².